The largest absolute Gasteiger partial charge is 0.325 e. The third-order valence-electron chi connectivity index (χ3n) is 4.85. The number of anilines is 1. The molecule has 0 aliphatic carbocycles. The molecule has 148 valence electrons. The van der Waals surface area contributed by atoms with Crippen LogP contribution in [0.25, 0.3) is 0 Å². The average molecular weight is 426 g/mol. The van der Waals surface area contributed by atoms with Gasteiger partial charge in [-0.2, -0.15) is 5.26 Å². The summed E-state index contributed by atoms with van der Waals surface area (Å²) in [4.78, 5) is 24.6. The lowest BCUT2D eigenvalue weighted by molar-refractivity contribution is -0.121. The topological polar surface area (TPSA) is 82.0 Å². The number of carbonyl (C=O) groups is 2. The Balaban J connectivity index is 1.76. The highest BCUT2D eigenvalue weighted by molar-refractivity contribution is 8.03. The average Bonchev–Trinajstić information content (AvgIpc) is 2.70. The van der Waals surface area contributed by atoms with Crippen molar-refractivity contribution in [3.63, 3.8) is 0 Å². The molecule has 3 rings (SSSR count). The number of halogens is 1. The predicted molar refractivity (Wildman–Crippen MR) is 117 cm³/mol. The molecule has 29 heavy (non-hydrogen) atoms. The third-order valence-corrected chi connectivity index (χ3v) is 6.12. The van der Waals surface area contributed by atoms with Crippen molar-refractivity contribution in [2.75, 3.05) is 11.1 Å². The first-order chi connectivity index (χ1) is 13.9. The van der Waals surface area contributed by atoms with Crippen LogP contribution in [0, 0.1) is 25.2 Å². The summed E-state index contributed by atoms with van der Waals surface area (Å²) in [5, 5.41) is 16.4. The third kappa shape index (κ3) is 5.00. The molecule has 2 aromatic carbocycles. The molecule has 1 heterocycles. The van der Waals surface area contributed by atoms with E-state index in [4.69, 9.17) is 11.6 Å². The zero-order chi connectivity index (χ0) is 21.0. The van der Waals surface area contributed by atoms with E-state index in [0.717, 1.165) is 34.1 Å². The number of hydrogen-bond donors (Lipinski definition) is 2. The van der Waals surface area contributed by atoms with Gasteiger partial charge in [-0.15, -0.1) is 0 Å². The van der Waals surface area contributed by atoms with Crippen molar-refractivity contribution >= 4 is 40.9 Å². The summed E-state index contributed by atoms with van der Waals surface area (Å²) in [5.74, 6) is -0.644. The molecular weight excluding hydrogens is 406 g/mol. The van der Waals surface area contributed by atoms with Gasteiger partial charge in [0.2, 0.25) is 11.8 Å². The highest BCUT2D eigenvalue weighted by atomic mass is 35.5. The summed E-state index contributed by atoms with van der Waals surface area (Å²) < 4.78 is 0. The van der Waals surface area contributed by atoms with Gasteiger partial charge in [0.05, 0.1) is 22.4 Å². The first kappa shape index (κ1) is 21.0. The van der Waals surface area contributed by atoms with Gasteiger partial charge in [0.1, 0.15) is 0 Å². The van der Waals surface area contributed by atoms with Crippen molar-refractivity contribution in [1.82, 2.24) is 5.32 Å². The summed E-state index contributed by atoms with van der Waals surface area (Å²) in [6.07, 6.45) is 0.184. The van der Waals surface area contributed by atoms with Gasteiger partial charge in [-0.3, -0.25) is 9.59 Å². The molecule has 2 aromatic rings. The van der Waals surface area contributed by atoms with E-state index in [1.54, 1.807) is 12.1 Å². The van der Waals surface area contributed by atoms with Crippen LogP contribution in [0.2, 0.25) is 5.02 Å². The molecule has 0 spiro atoms. The van der Waals surface area contributed by atoms with Gasteiger partial charge < -0.3 is 10.6 Å². The summed E-state index contributed by atoms with van der Waals surface area (Å²) in [7, 11) is 0. The van der Waals surface area contributed by atoms with E-state index in [0.29, 0.717) is 15.6 Å². The highest BCUT2D eigenvalue weighted by Crippen LogP contribution is 2.36. The molecule has 0 aromatic heterocycles. The van der Waals surface area contributed by atoms with Gasteiger partial charge >= 0.3 is 0 Å². The molecule has 2 amide bonds. The Kier molecular flexibility index (Phi) is 6.63. The Labute approximate surface area is 179 Å². The first-order valence-corrected chi connectivity index (χ1v) is 10.4. The van der Waals surface area contributed by atoms with E-state index in [9.17, 15) is 14.9 Å². The number of thioether (sulfide) groups is 1. The number of amides is 2. The second-order valence-electron chi connectivity index (χ2n) is 6.80. The molecule has 5 nitrogen and oxygen atoms in total. The van der Waals surface area contributed by atoms with E-state index >= 15 is 0 Å². The maximum Gasteiger partial charge on any atom is 0.234 e. The number of allylic oxidation sites excluding steroid dienone is 1. The van der Waals surface area contributed by atoms with Crippen molar-refractivity contribution in [3.05, 3.63) is 74.8 Å². The normalized spacial score (nSPS) is 16.2. The Morgan fingerprint density at radius 1 is 1.28 bits per heavy atom. The van der Waals surface area contributed by atoms with Crippen LogP contribution in [0.5, 0.6) is 0 Å². The van der Waals surface area contributed by atoms with E-state index < -0.39 is 0 Å². The number of carbonyl (C=O) groups excluding carboxylic acids is 2. The van der Waals surface area contributed by atoms with Crippen LogP contribution in [0.3, 0.4) is 0 Å². The number of nitrogens with one attached hydrogen (secondary N) is 2. The van der Waals surface area contributed by atoms with Crippen LogP contribution < -0.4 is 10.6 Å². The molecule has 2 N–H and O–H groups in total. The Hall–Kier alpha value is -2.75. The number of nitriles is 1. The van der Waals surface area contributed by atoms with Crippen molar-refractivity contribution in [3.8, 4) is 6.07 Å². The van der Waals surface area contributed by atoms with Crippen molar-refractivity contribution in [2.45, 2.75) is 26.2 Å². The van der Waals surface area contributed by atoms with Gasteiger partial charge in [0.25, 0.3) is 0 Å². The fourth-order valence-corrected chi connectivity index (χ4v) is 4.13. The molecule has 1 aliphatic rings. The van der Waals surface area contributed by atoms with Crippen LogP contribution in [0.4, 0.5) is 5.69 Å². The second kappa shape index (κ2) is 9.17. The van der Waals surface area contributed by atoms with E-state index in [1.165, 1.54) is 0 Å². The fourth-order valence-electron chi connectivity index (χ4n) is 3.12. The van der Waals surface area contributed by atoms with E-state index in [1.807, 2.05) is 44.2 Å². The number of aryl methyl sites for hydroxylation is 1. The van der Waals surface area contributed by atoms with Crippen LogP contribution >= 0.6 is 23.4 Å². The minimum Gasteiger partial charge on any atom is -0.325 e. The zero-order valence-corrected chi connectivity index (χ0v) is 17.7. The van der Waals surface area contributed by atoms with Crippen LogP contribution in [0.1, 0.15) is 29.0 Å². The molecule has 0 fully saturated rings. The molecular formula is C22H20ClN3O2S. The van der Waals surface area contributed by atoms with Crippen molar-refractivity contribution in [2.24, 2.45) is 0 Å². The van der Waals surface area contributed by atoms with E-state index in [2.05, 4.69) is 16.7 Å². The van der Waals surface area contributed by atoms with Crippen molar-refractivity contribution < 1.29 is 9.59 Å². The van der Waals surface area contributed by atoms with E-state index in [-0.39, 0.29) is 29.9 Å². The van der Waals surface area contributed by atoms with Gasteiger partial charge in [-0.05, 0) is 48.7 Å². The molecule has 0 bridgehead atoms. The quantitative estimate of drug-likeness (QED) is 0.729. The minimum absolute atomic E-state index is 0.0848. The molecule has 0 radical (unpaired) electrons. The molecule has 0 unspecified atom stereocenters. The van der Waals surface area contributed by atoms with Gasteiger partial charge in [-0.1, -0.05) is 47.6 Å². The zero-order valence-electron chi connectivity index (χ0n) is 16.1. The van der Waals surface area contributed by atoms with Gasteiger partial charge in [0, 0.05) is 23.0 Å². The number of nitrogens with zero attached hydrogens (tertiary/aromatic N) is 1. The minimum atomic E-state index is -0.351. The maximum absolute atomic E-state index is 12.4. The lowest BCUT2D eigenvalue weighted by Crippen LogP contribution is -2.31. The number of benzene rings is 2. The first-order valence-electron chi connectivity index (χ1n) is 9.07. The fraction of sp³-hybridized carbons (Fsp3) is 0.227. The monoisotopic (exact) mass is 425 g/mol. The summed E-state index contributed by atoms with van der Waals surface area (Å²) >= 11 is 7.11. The maximum atomic E-state index is 12.4. The molecule has 1 aliphatic heterocycles. The van der Waals surface area contributed by atoms with Gasteiger partial charge in [0.15, 0.2) is 0 Å². The standard InChI is InChI=1S/C22H20ClN3O2S/c1-13-4-3-5-19(14(13)2)25-21(28)12-29-22-18(11-24)17(10-20(27)26-22)15-6-8-16(23)9-7-15/h3-9,17H,10,12H2,1-2H3,(H,25,28)(H,26,27)/t17-/m0/s1. The summed E-state index contributed by atoms with van der Waals surface area (Å²) in [6.45, 7) is 3.94. The number of rotatable bonds is 5. The van der Waals surface area contributed by atoms with Crippen LogP contribution in [0.15, 0.2) is 53.1 Å². The predicted octanol–water partition coefficient (Wildman–Crippen LogP) is 4.67. The smallest absolute Gasteiger partial charge is 0.234 e. The Morgan fingerprint density at radius 3 is 2.69 bits per heavy atom. The lowest BCUT2D eigenvalue weighted by atomic mass is 9.87. The SMILES string of the molecule is Cc1cccc(NC(=O)CSC2=C(C#N)[C@H](c3ccc(Cl)cc3)CC(=O)N2)c1C. The number of hydrogen-bond acceptors (Lipinski definition) is 4. The summed E-state index contributed by atoms with van der Waals surface area (Å²) in [5.41, 5.74) is 4.17. The van der Waals surface area contributed by atoms with Gasteiger partial charge in [-0.25, -0.2) is 0 Å². The molecule has 0 saturated carbocycles. The molecule has 1 atom stereocenters. The Morgan fingerprint density at radius 2 is 2.00 bits per heavy atom. The molecule has 0 saturated heterocycles. The highest BCUT2D eigenvalue weighted by Gasteiger charge is 2.29. The lowest BCUT2D eigenvalue weighted by Gasteiger charge is -2.25. The summed E-state index contributed by atoms with van der Waals surface area (Å²) in [6, 6.07) is 15.0. The van der Waals surface area contributed by atoms with Crippen LogP contribution in [-0.2, 0) is 9.59 Å². The second-order valence-corrected chi connectivity index (χ2v) is 8.22. The Bertz CT molecular complexity index is 1030. The molecule has 7 heteroatoms. The van der Waals surface area contributed by atoms with Crippen LogP contribution in [-0.4, -0.2) is 17.6 Å². The van der Waals surface area contributed by atoms with Crippen molar-refractivity contribution in [1.29, 1.82) is 5.26 Å².